The number of morpholine rings is 1. The number of carbonyl (C=O) groups is 1. The van der Waals surface area contributed by atoms with Gasteiger partial charge in [-0.15, -0.1) is 0 Å². The molecular formula is C22H27N3O4. The van der Waals surface area contributed by atoms with Gasteiger partial charge in [0.15, 0.2) is 5.82 Å². The van der Waals surface area contributed by atoms with Crippen LogP contribution in [0.5, 0.6) is 5.75 Å². The zero-order chi connectivity index (χ0) is 20.2. The Morgan fingerprint density at radius 3 is 2.83 bits per heavy atom. The number of benzene rings is 1. The third kappa shape index (κ3) is 3.41. The van der Waals surface area contributed by atoms with Crippen LogP contribution in [0.2, 0.25) is 0 Å². The van der Waals surface area contributed by atoms with Crippen LogP contribution < -0.4 is 4.74 Å². The fourth-order valence-corrected chi connectivity index (χ4v) is 4.50. The highest BCUT2D eigenvalue weighted by Gasteiger charge is 2.45. The van der Waals surface area contributed by atoms with Gasteiger partial charge in [-0.2, -0.15) is 4.98 Å². The topological polar surface area (TPSA) is 77.7 Å². The second kappa shape index (κ2) is 6.83. The van der Waals surface area contributed by atoms with E-state index in [1.54, 1.807) is 0 Å². The molecule has 0 bridgehead atoms. The Labute approximate surface area is 170 Å². The molecule has 154 valence electrons. The molecule has 1 saturated heterocycles. The summed E-state index contributed by atoms with van der Waals surface area (Å²) in [5.41, 5.74) is 0.532. The average Bonchev–Trinajstić information content (AvgIpc) is 3.43. The Kier molecular flexibility index (Phi) is 4.38. The molecule has 0 N–H and O–H groups in total. The molecular weight excluding hydrogens is 370 g/mol. The quantitative estimate of drug-likeness (QED) is 0.788. The molecule has 3 aliphatic rings. The van der Waals surface area contributed by atoms with Crippen LogP contribution in [0.3, 0.4) is 0 Å². The van der Waals surface area contributed by atoms with Crippen molar-refractivity contribution >= 4 is 5.91 Å². The Bertz CT molecular complexity index is 920. The van der Waals surface area contributed by atoms with Crippen LogP contribution in [-0.4, -0.2) is 45.8 Å². The van der Waals surface area contributed by atoms with Crippen LogP contribution in [-0.2, 0) is 9.53 Å². The van der Waals surface area contributed by atoms with Crippen molar-refractivity contribution in [3.8, 4) is 5.75 Å². The second-order valence-corrected chi connectivity index (χ2v) is 8.97. The Morgan fingerprint density at radius 1 is 1.24 bits per heavy atom. The summed E-state index contributed by atoms with van der Waals surface area (Å²) in [6.45, 7) is 7.04. The van der Waals surface area contributed by atoms with E-state index in [1.165, 1.54) is 0 Å². The number of amides is 1. The predicted octanol–water partition coefficient (Wildman–Crippen LogP) is 3.58. The molecule has 2 aliphatic heterocycles. The van der Waals surface area contributed by atoms with Crippen LogP contribution in [0.4, 0.5) is 0 Å². The monoisotopic (exact) mass is 397 g/mol. The van der Waals surface area contributed by atoms with Crippen molar-refractivity contribution in [1.82, 2.24) is 15.0 Å². The van der Waals surface area contributed by atoms with Gasteiger partial charge in [0.2, 0.25) is 5.91 Å². The fourth-order valence-electron chi connectivity index (χ4n) is 4.50. The van der Waals surface area contributed by atoms with Crippen LogP contribution in [0.25, 0.3) is 0 Å². The lowest BCUT2D eigenvalue weighted by molar-refractivity contribution is -0.151. The van der Waals surface area contributed by atoms with E-state index in [1.807, 2.05) is 49.9 Å². The van der Waals surface area contributed by atoms with Gasteiger partial charge in [0.25, 0.3) is 5.89 Å². The maximum absolute atomic E-state index is 13.8. The molecule has 0 spiro atoms. The highest BCUT2D eigenvalue weighted by Crippen LogP contribution is 2.44. The van der Waals surface area contributed by atoms with Gasteiger partial charge < -0.3 is 18.9 Å². The Hall–Kier alpha value is -2.41. The van der Waals surface area contributed by atoms with Crippen molar-refractivity contribution in [2.45, 2.75) is 69.6 Å². The van der Waals surface area contributed by atoms with E-state index >= 15 is 0 Å². The Morgan fingerprint density at radius 2 is 2.03 bits per heavy atom. The van der Waals surface area contributed by atoms with E-state index < -0.39 is 5.60 Å². The minimum absolute atomic E-state index is 0.0696. The fraction of sp³-hybridized carbons (Fsp3) is 0.591. The molecule has 1 saturated carbocycles. The summed E-state index contributed by atoms with van der Waals surface area (Å²) >= 11 is 0. The number of fused-ring (bicyclic) bond motifs is 1. The normalized spacial score (nSPS) is 28.5. The average molecular weight is 397 g/mol. The van der Waals surface area contributed by atoms with Crippen LogP contribution in [0.15, 0.2) is 28.8 Å². The van der Waals surface area contributed by atoms with Crippen molar-refractivity contribution in [1.29, 1.82) is 0 Å². The van der Waals surface area contributed by atoms with Gasteiger partial charge in [-0.1, -0.05) is 23.4 Å². The lowest BCUT2D eigenvalue weighted by Gasteiger charge is -2.42. The molecule has 7 heteroatoms. The molecule has 5 rings (SSSR count). The van der Waals surface area contributed by atoms with Gasteiger partial charge in [0.05, 0.1) is 18.6 Å². The number of aromatic nitrogens is 2. The Balaban J connectivity index is 1.48. The van der Waals surface area contributed by atoms with Crippen LogP contribution >= 0.6 is 0 Å². The van der Waals surface area contributed by atoms with Gasteiger partial charge in [-0.25, -0.2) is 0 Å². The molecule has 1 amide bonds. The molecule has 1 aromatic heterocycles. The molecule has 2 aromatic rings. The van der Waals surface area contributed by atoms with E-state index in [0.29, 0.717) is 31.4 Å². The summed E-state index contributed by atoms with van der Waals surface area (Å²) in [4.78, 5) is 20.3. The summed E-state index contributed by atoms with van der Waals surface area (Å²) in [6, 6.07) is 7.47. The highest BCUT2D eigenvalue weighted by atomic mass is 16.5. The summed E-state index contributed by atoms with van der Waals surface area (Å²) < 4.78 is 17.6. The van der Waals surface area contributed by atoms with E-state index in [4.69, 9.17) is 14.0 Å². The zero-order valence-corrected chi connectivity index (χ0v) is 17.1. The van der Waals surface area contributed by atoms with Crippen LogP contribution in [0.1, 0.15) is 75.2 Å². The number of hydrogen-bond donors (Lipinski definition) is 0. The lowest BCUT2D eigenvalue weighted by Crippen LogP contribution is -2.50. The molecule has 1 aliphatic carbocycles. The molecule has 3 atom stereocenters. The van der Waals surface area contributed by atoms with Gasteiger partial charge in [0.1, 0.15) is 17.4 Å². The minimum Gasteiger partial charge on any atom is -0.488 e. The third-order valence-electron chi connectivity index (χ3n) is 6.10. The van der Waals surface area contributed by atoms with Crippen LogP contribution in [0, 0.1) is 0 Å². The zero-order valence-electron chi connectivity index (χ0n) is 17.1. The molecule has 7 nitrogen and oxygen atoms in total. The summed E-state index contributed by atoms with van der Waals surface area (Å²) in [6.07, 6.45) is 2.63. The largest absolute Gasteiger partial charge is 0.488 e. The number of para-hydroxylation sites is 1. The van der Waals surface area contributed by atoms with E-state index in [9.17, 15) is 4.79 Å². The number of hydrogen-bond acceptors (Lipinski definition) is 6. The first-order valence-electron chi connectivity index (χ1n) is 10.5. The standard InChI is InChI=1S/C22H27N3O4/c1-13-18(20-23-19(24-29-20)14-8-9-14)25(10-11-27-13)21(26)16-12-22(2,3)28-17-7-5-4-6-15(16)17/h4-7,13-14,16,18H,8-12H2,1-3H3/t13-,16?,18+/m1/s1. The van der Waals surface area contributed by atoms with Gasteiger partial charge in [0, 0.05) is 24.4 Å². The number of nitrogens with zero attached hydrogens (tertiary/aromatic N) is 3. The molecule has 2 fully saturated rings. The summed E-state index contributed by atoms with van der Waals surface area (Å²) in [5, 5.41) is 4.15. The van der Waals surface area contributed by atoms with E-state index in [-0.39, 0.29) is 24.0 Å². The van der Waals surface area contributed by atoms with Crippen molar-refractivity contribution in [3.63, 3.8) is 0 Å². The molecule has 29 heavy (non-hydrogen) atoms. The maximum atomic E-state index is 13.8. The van der Waals surface area contributed by atoms with Crippen molar-refractivity contribution in [3.05, 3.63) is 41.5 Å². The van der Waals surface area contributed by atoms with E-state index in [2.05, 4.69) is 10.1 Å². The first kappa shape index (κ1) is 18.6. The molecule has 0 radical (unpaired) electrons. The molecule has 1 aromatic carbocycles. The summed E-state index contributed by atoms with van der Waals surface area (Å²) in [7, 11) is 0. The van der Waals surface area contributed by atoms with Gasteiger partial charge in [-0.3, -0.25) is 4.79 Å². The number of carbonyl (C=O) groups excluding carboxylic acids is 1. The van der Waals surface area contributed by atoms with Crippen molar-refractivity contribution in [2.75, 3.05) is 13.2 Å². The van der Waals surface area contributed by atoms with Gasteiger partial charge >= 0.3 is 0 Å². The summed E-state index contributed by atoms with van der Waals surface area (Å²) in [5.74, 6) is 2.22. The minimum atomic E-state index is -0.411. The molecule has 1 unspecified atom stereocenters. The number of rotatable bonds is 3. The van der Waals surface area contributed by atoms with Crippen molar-refractivity contribution < 1.29 is 18.8 Å². The first-order chi connectivity index (χ1) is 13.9. The second-order valence-electron chi connectivity index (χ2n) is 8.97. The lowest BCUT2D eigenvalue weighted by atomic mass is 9.83. The predicted molar refractivity (Wildman–Crippen MR) is 105 cm³/mol. The van der Waals surface area contributed by atoms with Gasteiger partial charge in [-0.05, 0) is 39.7 Å². The van der Waals surface area contributed by atoms with E-state index in [0.717, 1.165) is 30.0 Å². The highest BCUT2D eigenvalue weighted by molar-refractivity contribution is 5.85. The SMILES string of the molecule is C[C@H]1OCCN(C(=O)C2CC(C)(C)Oc3ccccc32)[C@@H]1c1nc(C2CC2)no1. The molecule has 3 heterocycles. The maximum Gasteiger partial charge on any atom is 0.252 e. The smallest absolute Gasteiger partial charge is 0.252 e. The van der Waals surface area contributed by atoms with Crippen molar-refractivity contribution in [2.24, 2.45) is 0 Å². The third-order valence-corrected chi connectivity index (χ3v) is 6.10. The number of ether oxygens (including phenoxy) is 2. The first-order valence-corrected chi connectivity index (χ1v) is 10.5.